The van der Waals surface area contributed by atoms with E-state index in [0.717, 1.165) is 38.2 Å². The first-order valence-electron chi connectivity index (χ1n) is 10.7. The average Bonchev–Trinajstić information content (AvgIpc) is 3.03. The Morgan fingerprint density at radius 2 is 1.87 bits per heavy atom. The molecule has 1 saturated carbocycles. The molecular formula is C25H30O6. The van der Waals surface area contributed by atoms with Gasteiger partial charge in [0.25, 0.3) is 5.97 Å². The van der Waals surface area contributed by atoms with Gasteiger partial charge < -0.3 is 9.84 Å². The number of carbonyl (C=O) groups is 4. The molecule has 1 fully saturated rings. The SMILES string of the molecule is CC(=O)O.CC(=O)OCC(=O)C1=CC[C@H]2[C@@H]3CCC4=CC(=O)C=C[C@]4(C)C3=CC[C@]12C. The number of fused-ring (bicyclic) bond motifs is 5. The van der Waals surface area contributed by atoms with Gasteiger partial charge >= 0.3 is 5.97 Å². The van der Waals surface area contributed by atoms with E-state index in [1.54, 1.807) is 6.08 Å². The van der Waals surface area contributed by atoms with Gasteiger partial charge in [0, 0.05) is 30.3 Å². The zero-order valence-corrected chi connectivity index (χ0v) is 18.6. The Labute approximate surface area is 182 Å². The normalized spacial score (nSPS) is 32.8. The van der Waals surface area contributed by atoms with Crippen molar-refractivity contribution in [2.45, 2.75) is 53.4 Å². The summed E-state index contributed by atoms with van der Waals surface area (Å²) < 4.78 is 4.95. The minimum atomic E-state index is -0.833. The van der Waals surface area contributed by atoms with Gasteiger partial charge in [0.2, 0.25) is 0 Å². The van der Waals surface area contributed by atoms with Crippen LogP contribution in [0.3, 0.4) is 0 Å². The molecule has 1 N–H and O–H groups in total. The predicted molar refractivity (Wildman–Crippen MR) is 115 cm³/mol. The van der Waals surface area contributed by atoms with Crippen LogP contribution in [0.15, 0.2) is 47.1 Å². The monoisotopic (exact) mass is 426 g/mol. The van der Waals surface area contributed by atoms with Gasteiger partial charge in [-0.15, -0.1) is 0 Å². The maximum Gasteiger partial charge on any atom is 0.303 e. The lowest BCUT2D eigenvalue weighted by molar-refractivity contribution is -0.145. The van der Waals surface area contributed by atoms with Crippen LogP contribution in [-0.2, 0) is 23.9 Å². The maximum atomic E-state index is 12.7. The first kappa shape index (κ1) is 22.9. The van der Waals surface area contributed by atoms with Crippen molar-refractivity contribution in [1.29, 1.82) is 0 Å². The summed E-state index contributed by atoms with van der Waals surface area (Å²) in [5.74, 6) is -0.439. The highest BCUT2D eigenvalue weighted by Gasteiger charge is 2.54. The number of ether oxygens (including phenoxy) is 1. The Bertz CT molecular complexity index is 945. The van der Waals surface area contributed by atoms with Crippen LogP contribution in [0.1, 0.15) is 53.4 Å². The van der Waals surface area contributed by atoms with Gasteiger partial charge in [-0.1, -0.05) is 36.3 Å². The summed E-state index contributed by atoms with van der Waals surface area (Å²) in [5, 5.41) is 7.42. The zero-order chi connectivity index (χ0) is 23.0. The third kappa shape index (κ3) is 4.21. The van der Waals surface area contributed by atoms with Crippen molar-refractivity contribution in [3.63, 3.8) is 0 Å². The number of ketones is 2. The van der Waals surface area contributed by atoms with Crippen LogP contribution < -0.4 is 0 Å². The molecule has 0 amide bonds. The summed E-state index contributed by atoms with van der Waals surface area (Å²) in [7, 11) is 0. The van der Waals surface area contributed by atoms with E-state index in [-0.39, 0.29) is 29.0 Å². The molecule has 0 aromatic carbocycles. The minimum Gasteiger partial charge on any atom is -0.481 e. The van der Waals surface area contributed by atoms with E-state index in [0.29, 0.717) is 11.8 Å². The van der Waals surface area contributed by atoms with Gasteiger partial charge in [0.1, 0.15) is 0 Å². The molecule has 0 heterocycles. The van der Waals surface area contributed by atoms with Gasteiger partial charge in [-0.05, 0) is 56.6 Å². The molecule has 0 unspecified atom stereocenters. The van der Waals surface area contributed by atoms with Crippen molar-refractivity contribution in [2.24, 2.45) is 22.7 Å². The zero-order valence-electron chi connectivity index (χ0n) is 18.6. The number of allylic oxidation sites excluding steroid dienone is 7. The van der Waals surface area contributed by atoms with Crippen molar-refractivity contribution in [3.8, 4) is 0 Å². The van der Waals surface area contributed by atoms with Crippen LogP contribution in [0, 0.1) is 22.7 Å². The van der Waals surface area contributed by atoms with Crippen molar-refractivity contribution in [3.05, 3.63) is 47.1 Å². The highest BCUT2D eigenvalue weighted by atomic mass is 16.5. The molecule has 0 spiro atoms. The second-order valence-electron chi connectivity index (χ2n) is 9.22. The summed E-state index contributed by atoms with van der Waals surface area (Å²) in [4.78, 5) is 44.6. The summed E-state index contributed by atoms with van der Waals surface area (Å²) in [5.41, 5.74) is 3.09. The topological polar surface area (TPSA) is 97.7 Å². The molecule has 4 atom stereocenters. The number of rotatable bonds is 3. The van der Waals surface area contributed by atoms with Crippen molar-refractivity contribution in [2.75, 3.05) is 6.61 Å². The van der Waals surface area contributed by atoms with E-state index in [9.17, 15) is 14.4 Å². The lowest BCUT2D eigenvalue weighted by atomic mass is 9.52. The van der Waals surface area contributed by atoms with Crippen LogP contribution >= 0.6 is 0 Å². The smallest absolute Gasteiger partial charge is 0.303 e. The fourth-order valence-electron chi connectivity index (χ4n) is 5.78. The van der Waals surface area contributed by atoms with Crippen LogP contribution in [-0.4, -0.2) is 35.2 Å². The molecule has 31 heavy (non-hydrogen) atoms. The predicted octanol–water partition coefficient (Wildman–Crippen LogP) is 3.97. The molecule has 0 aromatic rings. The van der Waals surface area contributed by atoms with Crippen molar-refractivity contribution < 1.29 is 29.0 Å². The van der Waals surface area contributed by atoms with Crippen LogP contribution in [0.25, 0.3) is 0 Å². The Hall–Kier alpha value is -2.76. The third-order valence-electron chi connectivity index (χ3n) is 7.24. The lowest BCUT2D eigenvalue weighted by Crippen LogP contribution is -2.43. The molecule has 4 aliphatic rings. The molecule has 0 aromatic heterocycles. The number of hydrogen-bond acceptors (Lipinski definition) is 5. The van der Waals surface area contributed by atoms with Gasteiger partial charge in [-0.2, -0.15) is 0 Å². The largest absolute Gasteiger partial charge is 0.481 e. The number of Topliss-reactive ketones (excluding diaryl/α,β-unsaturated/α-hetero) is 1. The van der Waals surface area contributed by atoms with Crippen LogP contribution in [0.4, 0.5) is 0 Å². The van der Waals surface area contributed by atoms with Gasteiger partial charge in [-0.25, -0.2) is 0 Å². The fourth-order valence-corrected chi connectivity index (χ4v) is 5.78. The van der Waals surface area contributed by atoms with Crippen LogP contribution in [0.2, 0.25) is 0 Å². The summed E-state index contributed by atoms with van der Waals surface area (Å²) in [6, 6.07) is 0. The fraction of sp³-hybridized carbons (Fsp3) is 0.520. The first-order valence-corrected chi connectivity index (χ1v) is 10.7. The van der Waals surface area contributed by atoms with Crippen molar-refractivity contribution >= 4 is 23.5 Å². The van der Waals surface area contributed by atoms with E-state index in [1.165, 1.54) is 18.1 Å². The molecule has 0 aliphatic heterocycles. The Balaban J connectivity index is 0.000000628. The highest BCUT2D eigenvalue weighted by molar-refractivity contribution is 6.01. The van der Waals surface area contributed by atoms with E-state index < -0.39 is 11.9 Å². The molecule has 4 rings (SSSR count). The summed E-state index contributed by atoms with van der Waals surface area (Å²) in [6.07, 6.45) is 13.6. The standard InChI is InChI=1S/C23H26O4.C2H4O2/c1-14(24)27-13-21(26)20-7-6-18-17-5-4-15-12-16(25)8-10-22(15,2)19(17)9-11-23(18,20)3;1-2(3)4/h7-10,12,17-18H,4-6,11,13H2,1-3H3;1H3,(H,3,4)/t17-,18-,22-,23-;/m0./s1. The Kier molecular flexibility index (Phi) is 6.21. The number of aliphatic carboxylic acids is 1. The number of carbonyl (C=O) groups excluding carboxylic acids is 3. The second kappa shape index (κ2) is 8.40. The van der Waals surface area contributed by atoms with E-state index in [4.69, 9.17) is 14.6 Å². The quantitative estimate of drug-likeness (QED) is 0.542. The van der Waals surface area contributed by atoms with Gasteiger partial charge in [-0.3, -0.25) is 19.2 Å². The molecule has 6 nitrogen and oxygen atoms in total. The molecule has 0 saturated heterocycles. The number of carboxylic acids is 1. The first-order chi connectivity index (χ1) is 14.5. The van der Waals surface area contributed by atoms with E-state index >= 15 is 0 Å². The minimum absolute atomic E-state index is 0.0715. The van der Waals surface area contributed by atoms with E-state index in [1.807, 2.05) is 6.08 Å². The molecule has 166 valence electrons. The van der Waals surface area contributed by atoms with Gasteiger partial charge in [0.15, 0.2) is 18.2 Å². The van der Waals surface area contributed by atoms with Gasteiger partial charge in [0.05, 0.1) is 0 Å². The number of carboxylic acid groups (broad SMARTS) is 1. The number of esters is 1. The molecule has 4 aliphatic carbocycles. The highest BCUT2D eigenvalue weighted by Crippen LogP contribution is 2.62. The Morgan fingerprint density at radius 1 is 1.19 bits per heavy atom. The summed E-state index contributed by atoms with van der Waals surface area (Å²) in [6.45, 7) is 6.65. The summed E-state index contributed by atoms with van der Waals surface area (Å²) >= 11 is 0. The Morgan fingerprint density at radius 3 is 2.52 bits per heavy atom. The average molecular weight is 427 g/mol. The lowest BCUT2D eigenvalue weighted by Gasteiger charge is -2.51. The molecular weight excluding hydrogens is 396 g/mol. The maximum absolute atomic E-state index is 12.7. The molecule has 0 radical (unpaired) electrons. The molecule has 6 heteroatoms. The second-order valence-corrected chi connectivity index (χ2v) is 9.22. The van der Waals surface area contributed by atoms with Crippen LogP contribution in [0.5, 0.6) is 0 Å². The third-order valence-corrected chi connectivity index (χ3v) is 7.24. The van der Waals surface area contributed by atoms with Crippen molar-refractivity contribution in [1.82, 2.24) is 0 Å². The van der Waals surface area contributed by atoms with E-state index in [2.05, 4.69) is 32.1 Å². The number of hydrogen-bond donors (Lipinski definition) is 1. The molecule has 0 bridgehead atoms.